The van der Waals surface area contributed by atoms with E-state index in [1.54, 1.807) is 26.2 Å². The Balaban J connectivity index is 0.00000729. The van der Waals surface area contributed by atoms with Crippen molar-refractivity contribution in [1.29, 1.82) is 0 Å². The number of carbonyl (C=O) groups excluding carboxylic acids is 2. The molecule has 0 aliphatic rings. The molecule has 0 aliphatic carbocycles. The monoisotopic (exact) mass is 506 g/mol. The van der Waals surface area contributed by atoms with Crippen molar-refractivity contribution in [3.05, 3.63) is 35.4 Å². The van der Waals surface area contributed by atoms with Crippen molar-refractivity contribution in [1.82, 2.24) is 15.5 Å². The number of hydrogen-bond acceptors (Lipinski definition) is 5. The van der Waals surface area contributed by atoms with Gasteiger partial charge in [0, 0.05) is 33.9 Å². The predicted molar refractivity (Wildman–Crippen MR) is 120 cm³/mol. The Bertz CT molecular complexity index is 621. The number of benzene rings is 1. The van der Waals surface area contributed by atoms with Crippen molar-refractivity contribution in [2.24, 2.45) is 4.99 Å². The van der Waals surface area contributed by atoms with E-state index in [1.807, 2.05) is 19.1 Å². The molecule has 158 valence electrons. The Morgan fingerprint density at radius 3 is 2.39 bits per heavy atom. The van der Waals surface area contributed by atoms with Crippen molar-refractivity contribution in [2.45, 2.75) is 19.9 Å². The number of esters is 1. The van der Waals surface area contributed by atoms with E-state index in [4.69, 9.17) is 4.74 Å². The summed E-state index contributed by atoms with van der Waals surface area (Å²) in [6, 6.07) is 7.06. The second-order valence-electron chi connectivity index (χ2n) is 5.97. The maximum Gasteiger partial charge on any atom is 0.337 e. The third-order valence-corrected chi connectivity index (χ3v) is 3.66. The van der Waals surface area contributed by atoms with Crippen LogP contribution in [-0.4, -0.2) is 70.2 Å². The summed E-state index contributed by atoms with van der Waals surface area (Å²) in [4.78, 5) is 29.3. The van der Waals surface area contributed by atoms with E-state index in [0.717, 1.165) is 12.0 Å². The first-order chi connectivity index (χ1) is 13.0. The maximum absolute atomic E-state index is 11.8. The molecule has 1 rings (SSSR count). The van der Waals surface area contributed by atoms with Gasteiger partial charge in [0.15, 0.2) is 5.96 Å². The number of nitrogens with zero attached hydrogens (tertiary/aromatic N) is 2. The lowest BCUT2D eigenvalue weighted by Crippen LogP contribution is -2.43. The number of carbonyl (C=O) groups is 2. The van der Waals surface area contributed by atoms with E-state index in [2.05, 4.69) is 20.4 Å². The number of methoxy groups -OCH3 is 1. The number of likely N-dealkylation sites (N-methyl/N-ethyl adjacent to an activating group) is 1. The van der Waals surface area contributed by atoms with Crippen LogP contribution in [0.2, 0.25) is 0 Å². The highest BCUT2D eigenvalue weighted by atomic mass is 127. The van der Waals surface area contributed by atoms with Crippen LogP contribution in [-0.2, 0) is 20.8 Å². The molecule has 0 heterocycles. The number of rotatable bonds is 10. The third kappa shape index (κ3) is 10.5. The smallest absolute Gasteiger partial charge is 0.337 e. The Morgan fingerprint density at radius 2 is 1.82 bits per heavy atom. The van der Waals surface area contributed by atoms with Crippen LogP contribution < -0.4 is 10.6 Å². The molecule has 0 bridgehead atoms. The predicted octanol–water partition coefficient (Wildman–Crippen LogP) is 1.64. The van der Waals surface area contributed by atoms with Gasteiger partial charge in [-0.2, -0.15) is 0 Å². The van der Waals surface area contributed by atoms with Crippen LogP contribution >= 0.6 is 24.0 Å². The first kappa shape index (κ1) is 26.1. The summed E-state index contributed by atoms with van der Waals surface area (Å²) >= 11 is 0. The normalized spacial score (nSPS) is 10.6. The molecule has 1 aromatic rings. The Labute approximate surface area is 184 Å². The van der Waals surface area contributed by atoms with Gasteiger partial charge in [0.1, 0.15) is 0 Å². The number of guanidine groups is 1. The molecule has 0 unspecified atom stereocenters. The van der Waals surface area contributed by atoms with Crippen LogP contribution in [0.4, 0.5) is 0 Å². The molecule has 8 nitrogen and oxygen atoms in total. The minimum Gasteiger partial charge on any atom is -0.465 e. The highest BCUT2D eigenvalue weighted by Gasteiger charge is 2.07. The van der Waals surface area contributed by atoms with Gasteiger partial charge < -0.3 is 25.0 Å². The minimum absolute atomic E-state index is 0. The largest absolute Gasteiger partial charge is 0.465 e. The number of aliphatic imine (C=N–C) groups is 1. The fourth-order valence-corrected chi connectivity index (χ4v) is 2.05. The molecule has 0 aromatic heterocycles. The van der Waals surface area contributed by atoms with Crippen LogP contribution in [0.5, 0.6) is 0 Å². The van der Waals surface area contributed by atoms with Crippen molar-refractivity contribution < 1.29 is 19.1 Å². The van der Waals surface area contributed by atoms with Gasteiger partial charge in [0.2, 0.25) is 5.91 Å². The summed E-state index contributed by atoms with van der Waals surface area (Å²) in [7, 11) is 4.77. The molecule has 0 radical (unpaired) electrons. The van der Waals surface area contributed by atoms with Crippen LogP contribution in [0.15, 0.2) is 29.3 Å². The molecule has 0 aliphatic heterocycles. The molecule has 0 spiro atoms. The SMILES string of the molecule is CCOCCCNC(=NCc1ccc(C(=O)OC)cc1)NCC(=O)N(C)C.I. The lowest BCUT2D eigenvalue weighted by molar-refractivity contribution is -0.127. The maximum atomic E-state index is 11.8. The second kappa shape index (κ2) is 15.1. The highest BCUT2D eigenvalue weighted by Crippen LogP contribution is 2.06. The molecule has 0 saturated heterocycles. The summed E-state index contributed by atoms with van der Waals surface area (Å²) in [5.41, 5.74) is 1.44. The van der Waals surface area contributed by atoms with Gasteiger partial charge in [-0.1, -0.05) is 12.1 Å². The third-order valence-electron chi connectivity index (χ3n) is 3.66. The van der Waals surface area contributed by atoms with Crippen LogP contribution in [0.25, 0.3) is 0 Å². The van der Waals surface area contributed by atoms with Crippen LogP contribution in [0, 0.1) is 0 Å². The minimum atomic E-state index is -0.370. The molecule has 1 aromatic carbocycles. The van der Waals surface area contributed by atoms with Crippen molar-refractivity contribution in [2.75, 3.05) is 47.5 Å². The Kier molecular flexibility index (Phi) is 14.1. The average Bonchev–Trinajstić information content (AvgIpc) is 2.68. The molecule has 0 atom stereocenters. The number of amides is 1. The molecule has 1 amide bonds. The van der Waals surface area contributed by atoms with E-state index in [1.165, 1.54) is 12.0 Å². The van der Waals surface area contributed by atoms with Crippen molar-refractivity contribution in [3.8, 4) is 0 Å². The fraction of sp³-hybridized carbons (Fsp3) is 0.526. The zero-order chi connectivity index (χ0) is 20.1. The molecule has 9 heteroatoms. The highest BCUT2D eigenvalue weighted by molar-refractivity contribution is 14.0. The summed E-state index contributed by atoms with van der Waals surface area (Å²) in [6.07, 6.45) is 0.837. The van der Waals surface area contributed by atoms with E-state index < -0.39 is 0 Å². The van der Waals surface area contributed by atoms with Crippen LogP contribution in [0.3, 0.4) is 0 Å². The van der Waals surface area contributed by atoms with Gasteiger partial charge in [-0.25, -0.2) is 9.79 Å². The summed E-state index contributed by atoms with van der Waals surface area (Å²) < 4.78 is 10.0. The zero-order valence-electron chi connectivity index (χ0n) is 17.0. The van der Waals surface area contributed by atoms with Crippen molar-refractivity contribution >= 4 is 41.8 Å². The topological polar surface area (TPSA) is 92.3 Å². The van der Waals surface area contributed by atoms with Gasteiger partial charge in [0.05, 0.1) is 25.8 Å². The van der Waals surface area contributed by atoms with E-state index >= 15 is 0 Å². The molecular formula is C19H31IN4O4. The average molecular weight is 506 g/mol. The van der Waals surface area contributed by atoms with Gasteiger partial charge in [-0.05, 0) is 31.0 Å². The standard InChI is InChI=1S/C19H30N4O4.HI/c1-5-27-12-6-11-20-19(22-14-17(24)23(2)3)21-13-15-7-9-16(10-8-15)18(25)26-4;/h7-10H,5-6,11-14H2,1-4H3,(H2,20,21,22);1H. The number of ether oxygens (including phenoxy) is 2. The Hall–Kier alpha value is -1.88. The molecular weight excluding hydrogens is 475 g/mol. The van der Waals surface area contributed by atoms with Gasteiger partial charge in [-0.15, -0.1) is 24.0 Å². The number of nitrogens with one attached hydrogen (secondary N) is 2. The van der Waals surface area contributed by atoms with E-state index in [9.17, 15) is 9.59 Å². The van der Waals surface area contributed by atoms with Gasteiger partial charge in [0.25, 0.3) is 0 Å². The molecule has 28 heavy (non-hydrogen) atoms. The lowest BCUT2D eigenvalue weighted by Gasteiger charge is -2.15. The number of hydrogen-bond donors (Lipinski definition) is 2. The second-order valence-corrected chi connectivity index (χ2v) is 5.97. The first-order valence-corrected chi connectivity index (χ1v) is 8.95. The molecule has 0 fully saturated rings. The van der Waals surface area contributed by atoms with E-state index in [0.29, 0.717) is 37.8 Å². The van der Waals surface area contributed by atoms with Gasteiger partial charge in [-0.3, -0.25) is 4.79 Å². The lowest BCUT2D eigenvalue weighted by atomic mass is 10.1. The first-order valence-electron chi connectivity index (χ1n) is 8.95. The van der Waals surface area contributed by atoms with E-state index in [-0.39, 0.29) is 42.4 Å². The fourth-order valence-electron chi connectivity index (χ4n) is 2.05. The van der Waals surface area contributed by atoms with Crippen molar-refractivity contribution in [3.63, 3.8) is 0 Å². The van der Waals surface area contributed by atoms with Gasteiger partial charge >= 0.3 is 5.97 Å². The summed E-state index contributed by atoms with van der Waals surface area (Å²) in [6.45, 7) is 4.58. The molecule has 2 N–H and O–H groups in total. The number of halogens is 1. The van der Waals surface area contributed by atoms with Crippen LogP contribution in [0.1, 0.15) is 29.3 Å². The summed E-state index contributed by atoms with van der Waals surface area (Å²) in [5, 5.41) is 6.23. The Morgan fingerprint density at radius 1 is 1.14 bits per heavy atom. The summed E-state index contributed by atoms with van der Waals surface area (Å²) in [5.74, 6) is 0.144. The quantitative estimate of drug-likeness (QED) is 0.165. The zero-order valence-corrected chi connectivity index (χ0v) is 19.3. The molecule has 0 saturated carbocycles.